The molecule has 0 radical (unpaired) electrons. The van der Waals surface area contributed by atoms with Crippen LogP contribution in [-0.2, 0) is 6.54 Å². The van der Waals surface area contributed by atoms with Gasteiger partial charge in [0.05, 0.1) is 12.6 Å². The van der Waals surface area contributed by atoms with E-state index >= 15 is 4.39 Å². The van der Waals surface area contributed by atoms with Crippen LogP contribution in [-0.4, -0.2) is 81.7 Å². The largest absolute Gasteiger partial charge is 0.395 e. The number of carbonyl (C=O) groups is 1. The summed E-state index contributed by atoms with van der Waals surface area (Å²) in [5, 5.41) is 12.6. The minimum atomic E-state index is -0.623. The molecule has 1 saturated carbocycles. The van der Waals surface area contributed by atoms with Gasteiger partial charge in [-0.15, -0.1) is 0 Å². The Labute approximate surface area is 256 Å². The number of aromatic nitrogens is 1. The van der Waals surface area contributed by atoms with Crippen molar-refractivity contribution >= 4 is 6.03 Å². The van der Waals surface area contributed by atoms with E-state index in [-0.39, 0.29) is 35.2 Å². The van der Waals surface area contributed by atoms with Crippen LogP contribution in [0.1, 0.15) is 55.7 Å². The topological polar surface area (TPSA) is 91.9 Å². The number of piperidine rings is 1. The van der Waals surface area contributed by atoms with Gasteiger partial charge in [-0.3, -0.25) is 9.69 Å². The maximum Gasteiger partial charge on any atom is 0.320 e. The summed E-state index contributed by atoms with van der Waals surface area (Å²) in [7, 11) is 0. The van der Waals surface area contributed by atoms with Gasteiger partial charge < -0.3 is 25.2 Å². The normalized spacial score (nSPS) is 22.1. The highest BCUT2D eigenvalue weighted by Crippen LogP contribution is 2.40. The lowest BCUT2D eigenvalue weighted by molar-refractivity contribution is -0.00251. The molecule has 3 heterocycles. The molecule has 0 unspecified atom stereocenters. The van der Waals surface area contributed by atoms with Crippen molar-refractivity contribution in [3.63, 3.8) is 0 Å². The number of H-pyrrole nitrogens is 1. The van der Waals surface area contributed by atoms with Gasteiger partial charge in [0.25, 0.3) is 0 Å². The van der Waals surface area contributed by atoms with Crippen LogP contribution in [0.4, 0.5) is 13.6 Å². The lowest BCUT2D eigenvalue weighted by Gasteiger charge is -2.51. The summed E-state index contributed by atoms with van der Waals surface area (Å²) in [4.78, 5) is 36.7. The second kappa shape index (κ2) is 13.2. The number of benzene rings is 2. The number of carbonyl (C=O) groups excluding carboxylic acids is 1. The lowest BCUT2D eigenvalue weighted by Crippen LogP contribution is -2.64. The van der Waals surface area contributed by atoms with E-state index in [4.69, 9.17) is 0 Å². The molecule has 1 spiro atoms. The Balaban J connectivity index is 1.20. The highest BCUT2D eigenvalue weighted by Gasteiger charge is 2.46. The van der Waals surface area contributed by atoms with Crippen LogP contribution in [0.3, 0.4) is 0 Å². The Bertz CT molecular complexity index is 1510. The maximum atomic E-state index is 15.1. The molecule has 1 aromatic heterocycles. The van der Waals surface area contributed by atoms with Crippen LogP contribution >= 0.6 is 0 Å². The minimum absolute atomic E-state index is 0.00750. The fourth-order valence-corrected chi connectivity index (χ4v) is 7.44. The average molecular weight is 606 g/mol. The molecule has 2 saturated heterocycles. The summed E-state index contributed by atoms with van der Waals surface area (Å²) in [6.07, 6.45) is 6.89. The SMILES string of the molecule is O=C(N1CCN(Cc2c[nH]c(-c3ccccc3)cc2=O)C2(CCCC2)C1)N1CC[C@@H](NCCO)C[C@H]1c1cc(F)ccc1F. The molecule has 3 N–H and O–H groups in total. The Morgan fingerprint density at radius 2 is 1.84 bits per heavy atom. The van der Waals surface area contributed by atoms with Crippen LogP contribution in [0, 0.1) is 11.6 Å². The Kier molecular flexibility index (Phi) is 9.11. The van der Waals surface area contributed by atoms with E-state index < -0.39 is 17.7 Å². The predicted octanol–water partition coefficient (Wildman–Crippen LogP) is 4.66. The summed E-state index contributed by atoms with van der Waals surface area (Å²) >= 11 is 0. The number of nitrogens with zero attached hydrogens (tertiary/aromatic N) is 3. The van der Waals surface area contributed by atoms with Gasteiger partial charge in [0.15, 0.2) is 5.43 Å². The van der Waals surface area contributed by atoms with Crippen molar-refractivity contribution in [3.05, 3.63) is 93.8 Å². The number of urea groups is 1. The van der Waals surface area contributed by atoms with Crippen molar-refractivity contribution in [1.29, 1.82) is 0 Å². The number of nitrogens with one attached hydrogen (secondary N) is 2. The molecule has 3 aromatic rings. The van der Waals surface area contributed by atoms with E-state index in [1.165, 1.54) is 6.07 Å². The third kappa shape index (κ3) is 6.29. The van der Waals surface area contributed by atoms with Crippen LogP contribution in [0.25, 0.3) is 11.3 Å². The van der Waals surface area contributed by atoms with Crippen molar-refractivity contribution < 1.29 is 18.7 Å². The summed E-state index contributed by atoms with van der Waals surface area (Å²) < 4.78 is 29.3. The summed E-state index contributed by atoms with van der Waals surface area (Å²) in [5.41, 5.74) is 2.38. The minimum Gasteiger partial charge on any atom is -0.395 e. The summed E-state index contributed by atoms with van der Waals surface area (Å²) in [6.45, 7) is 2.94. The standard InChI is InChI=1S/C34H41F2N5O3/c35-26-8-9-29(36)28(18-26)31-19-27(37-13-17-42)10-14-41(31)33(44)39-15-16-40(34(23-39)11-4-5-12-34)22-25-21-38-30(20-32(25)43)24-6-2-1-3-7-24/h1-3,6-9,18,20-21,27,31,37,42H,4-5,10-17,19,22-23H2,(H,38,43)/t27-,31+/m1/s1. The number of piperazine rings is 1. The number of rotatable bonds is 7. The van der Waals surface area contributed by atoms with Crippen LogP contribution in [0.2, 0.25) is 0 Å². The first-order chi connectivity index (χ1) is 21.4. The Morgan fingerprint density at radius 3 is 2.59 bits per heavy atom. The zero-order chi connectivity index (χ0) is 30.7. The first-order valence-corrected chi connectivity index (χ1v) is 15.7. The molecule has 0 bridgehead atoms. The molecule has 2 atom stereocenters. The van der Waals surface area contributed by atoms with Crippen LogP contribution < -0.4 is 10.7 Å². The van der Waals surface area contributed by atoms with E-state index in [0.717, 1.165) is 49.1 Å². The number of hydrogen-bond acceptors (Lipinski definition) is 5. The molecule has 3 fully saturated rings. The second-order valence-corrected chi connectivity index (χ2v) is 12.4. The zero-order valence-corrected chi connectivity index (χ0v) is 25.0. The molecular weight excluding hydrogens is 564 g/mol. The second-order valence-electron chi connectivity index (χ2n) is 12.4. The fraction of sp³-hybridized carbons (Fsp3) is 0.471. The quantitative estimate of drug-likeness (QED) is 0.365. The number of aromatic amines is 1. The van der Waals surface area contributed by atoms with E-state index in [1.807, 2.05) is 41.4 Å². The Morgan fingerprint density at radius 1 is 1.05 bits per heavy atom. The molecule has 44 heavy (non-hydrogen) atoms. The number of aliphatic hydroxyl groups is 1. The Hall–Kier alpha value is -3.60. The van der Waals surface area contributed by atoms with Crippen molar-refractivity contribution in [2.75, 3.05) is 39.3 Å². The van der Waals surface area contributed by atoms with E-state index in [0.29, 0.717) is 57.7 Å². The molecule has 1 aliphatic carbocycles. The van der Waals surface area contributed by atoms with Gasteiger partial charge in [-0.1, -0.05) is 43.2 Å². The molecule has 8 nitrogen and oxygen atoms in total. The summed E-state index contributed by atoms with van der Waals surface area (Å²) in [6, 6.07) is 14.0. The van der Waals surface area contributed by atoms with Crippen molar-refractivity contribution in [2.45, 2.75) is 62.7 Å². The van der Waals surface area contributed by atoms with Gasteiger partial charge in [0, 0.05) is 79.9 Å². The van der Waals surface area contributed by atoms with E-state index in [2.05, 4.69) is 15.2 Å². The van der Waals surface area contributed by atoms with Gasteiger partial charge in [-0.25, -0.2) is 13.6 Å². The molecule has 6 rings (SSSR count). The van der Waals surface area contributed by atoms with Gasteiger partial charge >= 0.3 is 6.03 Å². The number of aliphatic hydroxyl groups excluding tert-OH is 1. The fourth-order valence-electron chi connectivity index (χ4n) is 7.44. The molecule has 2 aromatic carbocycles. The van der Waals surface area contributed by atoms with Crippen molar-refractivity contribution in [2.24, 2.45) is 0 Å². The van der Waals surface area contributed by atoms with E-state index in [9.17, 15) is 19.1 Å². The molecular formula is C34H41F2N5O3. The van der Waals surface area contributed by atoms with Gasteiger partial charge in [0.2, 0.25) is 0 Å². The molecule has 2 amide bonds. The first kappa shape index (κ1) is 30.4. The van der Waals surface area contributed by atoms with Crippen molar-refractivity contribution in [3.8, 4) is 11.3 Å². The van der Waals surface area contributed by atoms with Crippen molar-refractivity contribution in [1.82, 2.24) is 25.0 Å². The molecule has 10 heteroatoms. The molecule has 2 aliphatic heterocycles. The molecule has 234 valence electrons. The van der Waals surface area contributed by atoms with Crippen LogP contribution in [0.15, 0.2) is 65.6 Å². The van der Waals surface area contributed by atoms with Gasteiger partial charge in [-0.05, 0) is 49.4 Å². The maximum absolute atomic E-state index is 15.1. The first-order valence-electron chi connectivity index (χ1n) is 15.7. The number of hydrogen-bond donors (Lipinski definition) is 3. The monoisotopic (exact) mass is 605 g/mol. The lowest BCUT2D eigenvalue weighted by atomic mass is 9.90. The number of amides is 2. The van der Waals surface area contributed by atoms with Crippen LogP contribution in [0.5, 0.6) is 0 Å². The van der Waals surface area contributed by atoms with Gasteiger partial charge in [0.1, 0.15) is 11.6 Å². The zero-order valence-electron chi connectivity index (χ0n) is 25.0. The third-order valence-electron chi connectivity index (χ3n) is 9.75. The number of likely N-dealkylation sites (tertiary alicyclic amines) is 1. The predicted molar refractivity (Wildman–Crippen MR) is 165 cm³/mol. The highest BCUT2D eigenvalue weighted by molar-refractivity contribution is 5.75. The highest BCUT2D eigenvalue weighted by atomic mass is 19.1. The summed E-state index contributed by atoms with van der Waals surface area (Å²) in [5.74, 6) is -1.07. The van der Waals surface area contributed by atoms with Gasteiger partial charge in [-0.2, -0.15) is 0 Å². The smallest absolute Gasteiger partial charge is 0.320 e. The number of pyridine rings is 1. The number of halogens is 2. The average Bonchev–Trinajstić information content (AvgIpc) is 3.51. The third-order valence-corrected chi connectivity index (χ3v) is 9.75. The van der Waals surface area contributed by atoms with E-state index in [1.54, 1.807) is 11.0 Å². The molecule has 3 aliphatic rings.